The summed E-state index contributed by atoms with van der Waals surface area (Å²) in [6, 6.07) is 6.73. The summed E-state index contributed by atoms with van der Waals surface area (Å²) in [4.78, 5) is 19.5. The maximum atomic E-state index is 13.4. The van der Waals surface area contributed by atoms with Gasteiger partial charge in [0.05, 0.1) is 65.2 Å². The van der Waals surface area contributed by atoms with E-state index >= 15 is 0 Å². The molecule has 2 aromatic carbocycles. The monoisotopic (exact) mass is 686 g/mol. The average molecular weight is 687 g/mol. The third-order valence-corrected chi connectivity index (χ3v) is 8.94. The van der Waals surface area contributed by atoms with Gasteiger partial charge in [-0.3, -0.25) is 4.57 Å². The Balaban J connectivity index is 0.00000675. The van der Waals surface area contributed by atoms with Crippen molar-refractivity contribution in [3.8, 4) is 28.7 Å². The van der Waals surface area contributed by atoms with Crippen LogP contribution in [-0.4, -0.2) is 71.4 Å². The van der Waals surface area contributed by atoms with Crippen molar-refractivity contribution < 1.29 is 112 Å². The van der Waals surface area contributed by atoms with Crippen LogP contribution >= 0.6 is 7.82 Å². The second-order valence-corrected chi connectivity index (χ2v) is 13.2. The molecule has 1 saturated heterocycles. The molecule has 16 heteroatoms. The number of rotatable bonds is 17. The van der Waals surface area contributed by atoms with Crippen LogP contribution in [0.25, 0.3) is 0 Å². The van der Waals surface area contributed by atoms with Gasteiger partial charge in [-0.05, 0) is 61.6 Å². The summed E-state index contributed by atoms with van der Waals surface area (Å²) in [6.45, 7) is 3.03. The quantitative estimate of drug-likeness (QED) is 0.134. The first-order valence-electron chi connectivity index (χ1n) is 13.8. The van der Waals surface area contributed by atoms with Gasteiger partial charge in [0.25, 0.3) is 7.82 Å². The van der Waals surface area contributed by atoms with E-state index in [-0.39, 0.29) is 100 Å². The van der Waals surface area contributed by atoms with Crippen molar-refractivity contribution in [2.24, 2.45) is 0 Å². The molecule has 1 heterocycles. The Morgan fingerprint density at radius 2 is 1.50 bits per heavy atom. The fourth-order valence-electron chi connectivity index (χ4n) is 4.71. The van der Waals surface area contributed by atoms with E-state index in [2.05, 4.69) is 4.52 Å². The van der Waals surface area contributed by atoms with Crippen molar-refractivity contribution in [1.29, 1.82) is 0 Å². The molecule has 0 spiro atoms. The van der Waals surface area contributed by atoms with E-state index in [4.69, 9.17) is 33.3 Å². The summed E-state index contributed by atoms with van der Waals surface area (Å²) >= 11 is 0. The molecule has 1 fully saturated rings. The standard InChI is InChI=1S/C28H41O13PS.K/c1-6-10-39-28-25(38-11-7-12-40-42(30,31)32)15-20(16-26(28)43(33,34)17-18(2)29)22-9-8-21(41-22)19-13-23(35-3)27(37-5)24(14-19)36-4;/h13-16,18,21-22,29H,6-12,17H2,1-5H3,(H2,30,31,32);/q;+1/p-1/t18-,21+,22+;/m1./s1. The van der Waals surface area contributed by atoms with Gasteiger partial charge in [-0.15, -0.1) is 0 Å². The van der Waals surface area contributed by atoms with Gasteiger partial charge in [0.1, 0.15) is 4.90 Å². The van der Waals surface area contributed by atoms with Gasteiger partial charge >= 0.3 is 51.4 Å². The summed E-state index contributed by atoms with van der Waals surface area (Å²) < 4.78 is 76.6. The van der Waals surface area contributed by atoms with Crippen molar-refractivity contribution in [2.75, 3.05) is 46.9 Å². The number of phosphoric ester groups is 1. The molecule has 0 aromatic heterocycles. The number of benzene rings is 2. The minimum Gasteiger partial charge on any atom is -0.756 e. The molecular weight excluding hydrogens is 646 g/mol. The maximum Gasteiger partial charge on any atom is 1.00 e. The van der Waals surface area contributed by atoms with Gasteiger partial charge in [-0.2, -0.15) is 0 Å². The van der Waals surface area contributed by atoms with Crippen LogP contribution in [0.5, 0.6) is 28.7 Å². The van der Waals surface area contributed by atoms with Crippen LogP contribution in [0.2, 0.25) is 0 Å². The van der Waals surface area contributed by atoms with Crippen LogP contribution < -0.4 is 80.0 Å². The fourth-order valence-corrected chi connectivity index (χ4v) is 6.64. The van der Waals surface area contributed by atoms with Gasteiger partial charge in [0, 0.05) is 6.42 Å². The van der Waals surface area contributed by atoms with Crippen molar-refractivity contribution in [1.82, 2.24) is 0 Å². The van der Waals surface area contributed by atoms with E-state index in [0.29, 0.717) is 42.1 Å². The van der Waals surface area contributed by atoms with E-state index in [1.54, 1.807) is 18.2 Å². The molecule has 0 saturated carbocycles. The molecule has 242 valence electrons. The molecule has 0 bridgehead atoms. The van der Waals surface area contributed by atoms with Crippen LogP contribution in [0.1, 0.15) is 62.9 Å². The first-order valence-corrected chi connectivity index (χ1v) is 17.0. The number of aliphatic hydroxyl groups is 1. The van der Waals surface area contributed by atoms with Crippen LogP contribution in [0.15, 0.2) is 29.2 Å². The third kappa shape index (κ3) is 10.8. The first kappa shape index (κ1) is 39.2. The zero-order chi connectivity index (χ0) is 31.8. The van der Waals surface area contributed by atoms with Gasteiger partial charge < -0.3 is 47.8 Å². The SMILES string of the molecule is CCCOc1c(OCCCOP(=O)([O-])O)cc([C@@H]2CC[C@@H](c3cc(OC)c(OC)c(OC)c3)O2)cc1S(=O)(=O)C[C@@H](C)O.[K+]. The summed E-state index contributed by atoms with van der Waals surface area (Å²) in [5.41, 5.74) is 1.31. The molecule has 1 unspecified atom stereocenters. The van der Waals surface area contributed by atoms with Crippen molar-refractivity contribution in [2.45, 2.75) is 62.7 Å². The number of hydrogen-bond acceptors (Lipinski definition) is 12. The molecule has 0 amide bonds. The summed E-state index contributed by atoms with van der Waals surface area (Å²) in [6.07, 6.45) is -0.203. The Labute approximate surface area is 301 Å². The second-order valence-electron chi connectivity index (χ2n) is 9.98. The van der Waals surface area contributed by atoms with Crippen molar-refractivity contribution >= 4 is 17.7 Å². The van der Waals surface area contributed by atoms with Crippen LogP contribution in [0.4, 0.5) is 0 Å². The third-order valence-electron chi connectivity index (χ3n) is 6.54. The minimum absolute atomic E-state index is 0. The maximum absolute atomic E-state index is 13.4. The summed E-state index contributed by atoms with van der Waals surface area (Å²) in [5, 5.41) is 9.93. The van der Waals surface area contributed by atoms with E-state index in [1.165, 1.54) is 34.3 Å². The second kappa shape index (κ2) is 17.8. The molecule has 3 rings (SSSR count). The van der Waals surface area contributed by atoms with Crippen LogP contribution in [0.3, 0.4) is 0 Å². The molecule has 4 atom stereocenters. The Bertz CT molecular complexity index is 1350. The Morgan fingerprint density at radius 3 is 2.00 bits per heavy atom. The predicted molar refractivity (Wildman–Crippen MR) is 154 cm³/mol. The van der Waals surface area contributed by atoms with E-state index < -0.39 is 35.6 Å². The Hall–Kier alpha value is -0.944. The van der Waals surface area contributed by atoms with E-state index in [9.17, 15) is 23.0 Å². The zero-order valence-electron chi connectivity index (χ0n) is 25.9. The Morgan fingerprint density at radius 1 is 0.932 bits per heavy atom. The average Bonchev–Trinajstić information content (AvgIpc) is 3.44. The minimum atomic E-state index is -4.89. The van der Waals surface area contributed by atoms with Gasteiger partial charge in [0.15, 0.2) is 32.8 Å². The number of ether oxygens (including phenoxy) is 6. The molecule has 2 aromatic rings. The normalized spacial score (nSPS) is 18.5. The molecule has 1 aliphatic heterocycles. The van der Waals surface area contributed by atoms with Gasteiger partial charge in [-0.1, -0.05) is 6.92 Å². The molecule has 13 nitrogen and oxygen atoms in total. The summed E-state index contributed by atoms with van der Waals surface area (Å²) in [5.74, 6) is 0.959. The van der Waals surface area contributed by atoms with Crippen LogP contribution in [-0.2, 0) is 23.7 Å². The summed E-state index contributed by atoms with van der Waals surface area (Å²) in [7, 11) is -4.36. The number of methoxy groups -OCH3 is 3. The molecule has 0 aliphatic carbocycles. The first-order chi connectivity index (χ1) is 20.3. The van der Waals surface area contributed by atoms with Crippen molar-refractivity contribution in [3.05, 3.63) is 35.4 Å². The van der Waals surface area contributed by atoms with Gasteiger partial charge in [0.2, 0.25) is 5.75 Å². The van der Waals surface area contributed by atoms with Crippen molar-refractivity contribution in [3.63, 3.8) is 0 Å². The fraction of sp³-hybridized carbons (Fsp3) is 0.571. The van der Waals surface area contributed by atoms with E-state index in [1.807, 2.05) is 6.92 Å². The predicted octanol–water partition coefficient (Wildman–Crippen LogP) is 0.499. The largest absolute Gasteiger partial charge is 1.00 e. The number of sulfone groups is 1. The number of aliphatic hydroxyl groups excluding tert-OH is 1. The number of hydrogen-bond donors (Lipinski definition) is 2. The molecule has 0 radical (unpaired) electrons. The topological polar surface area (TPSA) is 179 Å². The smallest absolute Gasteiger partial charge is 0.756 e. The number of phosphoric acid groups is 1. The van der Waals surface area contributed by atoms with Crippen LogP contribution in [0, 0.1) is 0 Å². The molecule has 2 N–H and O–H groups in total. The molecule has 1 aliphatic rings. The Kier molecular flexibility index (Phi) is 15.9. The molecular formula is C28H40KO13PS. The van der Waals surface area contributed by atoms with E-state index in [0.717, 1.165) is 5.56 Å². The zero-order valence-corrected chi connectivity index (χ0v) is 30.8. The molecule has 44 heavy (non-hydrogen) atoms. The van der Waals surface area contributed by atoms with Gasteiger partial charge in [-0.25, -0.2) is 8.42 Å².